The minimum absolute atomic E-state index is 0.418. The smallest absolute Gasteiger partial charge is 0.307 e. The lowest BCUT2D eigenvalue weighted by Crippen LogP contribution is -2.50. The van der Waals surface area contributed by atoms with Crippen molar-refractivity contribution >= 4 is 17.8 Å². The molecule has 3 N–H and O–H groups in total. The van der Waals surface area contributed by atoms with Gasteiger partial charge in [-0.1, -0.05) is 12.8 Å². The summed E-state index contributed by atoms with van der Waals surface area (Å²) in [5.41, 5.74) is 1.50. The Labute approximate surface area is 98.3 Å². The van der Waals surface area contributed by atoms with Gasteiger partial charge in [0, 0.05) is 6.92 Å². The van der Waals surface area contributed by atoms with Gasteiger partial charge >= 0.3 is 5.97 Å². The van der Waals surface area contributed by atoms with E-state index in [1.54, 1.807) is 0 Å². The third kappa shape index (κ3) is 3.01. The molecular formula is C10H16N2O5. The fraction of sp³-hybridized carbons (Fsp3) is 0.700. The number of nitrogens with zero attached hydrogens (tertiary/aromatic N) is 1. The highest BCUT2D eigenvalue weighted by atomic mass is 16.5. The molecule has 0 aromatic rings. The van der Waals surface area contributed by atoms with Crippen LogP contribution in [0.3, 0.4) is 0 Å². The Morgan fingerprint density at radius 1 is 1.18 bits per heavy atom. The number of rotatable bonds is 3. The zero-order chi connectivity index (χ0) is 13.0. The van der Waals surface area contributed by atoms with Gasteiger partial charge in [-0.2, -0.15) is 5.01 Å². The predicted octanol–water partition coefficient (Wildman–Crippen LogP) is 0.146. The van der Waals surface area contributed by atoms with Crippen LogP contribution in [0.15, 0.2) is 0 Å². The molecule has 1 aliphatic rings. The van der Waals surface area contributed by atoms with E-state index in [0.717, 1.165) is 19.8 Å². The van der Waals surface area contributed by atoms with E-state index in [1.807, 2.05) is 0 Å². The number of amides is 2. The molecule has 1 rings (SSSR count). The van der Waals surface area contributed by atoms with Gasteiger partial charge in [-0.15, -0.1) is 5.59 Å². The lowest BCUT2D eigenvalue weighted by Gasteiger charge is -2.30. The van der Waals surface area contributed by atoms with Crippen LogP contribution in [0, 0.1) is 11.8 Å². The lowest BCUT2D eigenvalue weighted by atomic mass is 9.78. The van der Waals surface area contributed by atoms with E-state index in [2.05, 4.69) is 0 Å². The molecule has 0 bridgehead atoms. The van der Waals surface area contributed by atoms with Gasteiger partial charge < -0.3 is 5.11 Å². The maximum Gasteiger partial charge on any atom is 0.307 e. The molecule has 0 aromatic carbocycles. The van der Waals surface area contributed by atoms with Crippen LogP contribution in [0.25, 0.3) is 0 Å². The number of hydrazine groups is 1. The largest absolute Gasteiger partial charge is 0.481 e. The number of carboxylic acids is 1. The van der Waals surface area contributed by atoms with Crippen molar-refractivity contribution in [2.24, 2.45) is 11.8 Å². The topological polar surface area (TPSA) is 107 Å². The number of aliphatic carboxylic acids is 1. The van der Waals surface area contributed by atoms with Crippen molar-refractivity contribution in [2.45, 2.75) is 32.6 Å². The Morgan fingerprint density at radius 2 is 1.71 bits per heavy atom. The van der Waals surface area contributed by atoms with E-state index in [1.165, 1.54) is 5.59 Å². The first-order valence-electron chi connectivity index (χ1n) is 5.46. The van der Waals surface area contributed by atoms with Crippen LogP contribution >= 0.6 is 0 Å². The monoisotopic (exact) mass is 244 g/mol. The van der Waals surface area contributed by atoms with Crippen LogP contribution in [0.5, 0.6) is 0 Å². The Balaban J connectivity index is 2.84. The molecule has 0 aromatic heterocycles. The summed E-state index contributed by atoms with van der Waals surface area (Å²) in [4.78, 5) is 34.0. The molecule has 1 saturated carbocycles. The highest BCUT2D eigenvalue weighted by Gasteiger charge is 2.38. The van der Waals surface area contributed by atoms with Crippen molar-refractivity contribution < 1.29 is 24.7 Å². The van der Waals surface area contributed by atoms with Crippen molar-refractivity contribution in [3.63, 3.8) is 0 Å². The minimum Gasteiger partial charge on any atom is -0.481 e. The highest BCUT2D eigenvalue weighted by Crippen LogP contribution is 2.31. The zero-order valence-electron chi connectivity index (χ0n) is 9.55. The molecule has 7 nitrogen and oxygen atoms in total. The van der Waals surface area contributed by atoms with Gasteiger partial charge in [0.2, 0.25) is 11.8 Å². The van der Waals surface area contributed by atoms with Gasteiger partial charge in [0.05, 0.1) is 11.8 Å². The van der Waals surface area contributed by atoms with Crippen molar-refractivity contribution in [3.8, 4) is 0 Å². The fourth-order valence-electron chi connectivity index (χ4n) is 2.16. The molecule has 0 saturated heterocycles. The average Bonchev–Trinajstić information content (AvgIpc) is 2.29. The number of carbonyl (C=O) groups is 3. The van der Waals surface area contributed by atoms with Crippen molar-refractivity contribution in [3.05, 3.63) is 0 Å². The van der Waals surface area contributed by atoms with Crippen LogP contribution in [0.2, 0.25) is 0 Å². The zero-order valence-corrected chi connectivity index (χ0v) is 9.55. The number of carboxylic acid groups (broad SMARTS) is 1. The van der Waals surface area contributed by atoms with Crippen molar-refractivity contribution in [1.29, 1.82) is 0 Å². The van der Waals surface area contributed by atoms with Crippen LogP contribution in [-0.4, -0.2) is 33.1 Å². The van der Waals surface area contributed by atoms with Crippen LogP contribution < -0.4 is 5.59 Å². The van der Waals surface area contributed by atoms with E-state index in [-0.39, 0.29) is 0 Å². The van der Waals surface area contributed by atoms with E-state index < -0.39 is 29.6 Å². The number of hydrogen-bond donors (Lipinski definition) is 3. The van der Waals surface area contributed by atoms with E-state index in [9.17, 15) is 14.4 Å². The van der Waals surface area contributed by atoms with Gasteiger partial charge in [0.15, 0.2) is 0 Å². The maximum atomic E-state index is 11.9. The van der Waals surface area contributed by atoms with Crippen LogP contribution in [0.1, 0.15) is 32.6 Å². The average molecular weight is 244 g/mol. The SMILES string of the molecule is CC(=O)N(NO)C(=O)[C@@H]1CCCC[C@@H]1C(=O)O. The Hall–Kier alpha value is -1.47. The summed E-state index contributed by atoms with van der Waals surface area (Å²) in [5, 5.41) is 18.2. The maximum absolute atomic E-state index is 11.9. The third-order valence-electron chi connectivity index (χ3n) is 3.04. The first-order chi connectivity index (χ1) is 7.99. The summed E-state index contributed by atoms with van der Waals surface area (Å²) in [6.07, 6.45) is 2.34. The molecule has 2 amide bonds. The second-order valence-corrected chi connectivity index (χ2v) is 4.13. The van der Waals surface area contributed by atoms with Gasteiger partial charge in [-0.3, -0.25) is 19.6 Å². The molecule has 2 atom stereocenters. The lowest BCUT2D eigenvalue weighted by molar-refractivity contribution is -0.167. The molecule has 0 radical (unpaired) electrons. The number of nitrogens with one attached hydrogen (secondary N) is 1. The minimum atomic E-state index is -1.04. The molecule has 7 heteroatoms. The molecular weight excluding hydrogens is 228 g/mol. The highest BCUT2D eigenvalue weighted by molar-refractivity contribution is 5.96. The summed E-state index contributed by atoms with van der Waals surface area (Å²) < 4.78 is 0. The van der Waals surface area contributed by atoms with Gasteiger partial charge in [0.1, 0.15) is 0 Å². The summed E-state index contributed by atoms with van der Waals surface area (Å²) in [7, 11) is 0. The Bertz CT molecular complexity index is 331. The molecule has 0 heterocycles. The number of carbonyl (C=O) groups excluding carboxylic acids is 2. The molecule has 96 valence electrons. The summed E-state index contributed by atoms with van der Waals surface area (Å²) >= 11 is 0. The molecule has 17 heavy (non-hydrogen) atoms. The number of hydrogen-bond acceptors (Lipinski definition) is 5. The molecule has 0 aliphatic heterocycles. The van der Waals surface area contributed by atoms with Crippen LogP contribution in [0.4, 0.5) is 0 Å². The Morgan fingerprint density at radius 3 is 2.12 bits per heavy atom. The van der Waals surface area contributed by atoms with E-state index >= 15 is 0 Å². The quantitative estimate of drug-likeness (QED) is 0.610. The standard InChI is InChI=1S/C10H16N2O5/c1-6(13)12(11-17)9(14)7-4-2-3-5-8(7)10(15)16/h7-8,11,17H,2-5H2,1H3,(H,15,16)/t7-,8+/m1/s1. The second kappa shape index (κ2) is 5.74. The van der Waals surface area contributed by atoms with Gasteiger partial charge in [0.25, 0.3) is 0 Å². The van der Waals surface area contributed by atoms with Gasteiger partial charge in [-0.05, 0) is 12.8 Å². The third-order valence-corrected chi connectivity index (χ3v) is 3.04. The first-order valence-corrected chi connectivity index (χ1v) is 5.46. The van der Waals surface area contributed by atoms with E-state index in [4.69, 9.17) is 10.3 Å². The van der Waals surface area contributed by atoms with Crippen LogP contribution in [-0.2, 0) is 14.4 Å². The summed E-state index contributed by atoms with van der Waals surface area (Å²) in [6.45, 7) is 1.11. The normalized spacial score (nSPS) is 24.1. The second-order valence-electron chi connectivity index (χ2n) is 4.13. The number of imide groups is 1. The van der Waals surface area contributed by atoms with Crippen molar-refractivity contribution in [1.82, 2.24) is 10.6 Å². The van der Waals surface area contributed by atoms with Crippen molar-refractivity contribution in [2.75, 3.05) is 0 Å². The molecule has 0 unspecified atom stereocenters. The molecule has 1 aliphatic carbocycles. The predicted molar refractivity (Wildman–Crippen MR) is 55.5 cm³/mol. The molecule has 0 spiro atoms. The molecule has 1 fully saturated rings. The van der Waals surface area contributed by atoms with E-state index in [0.29, 0.717) is 17.9 Å². The fourth-order valence-corrected chi connectivity index (χ4v) is 2.16. The summed E-state index contributed by atoms with van der Waals surface area (Å²) in [6, 6.07) is 0. The van der Waals surface area contributed by atoms with Gasteiger partial charge in [-0.25, -0.2) is 0 Å². The first kappa shape index (κ1) is 13.6. The Kier molecular flexibility index (Phi) is 4.59. The summed E-state index contributed by atoms with van der Waals surface area (Å²) in [5.74, 6) is -3.94.